The summed E-state index contributed by atoms with van der Waals surface area (Å²) in [5, 5.41) is 0. The largest absolute Gasteiger partial charge is 1.00 e. The summed E-state index contributed by atoms with van der Waals surface area (Å²) in [7, 11) is 0. The van der Waals surface area contributed by atoms with Crippen molar-refractivity contribution in [1.29, 1.82) is 0 Å². The summed E-state index contributed by atoms with van der Waals surface area (Å²) in [6.07, 6.45) is -11.2. The van der Waals surface area contributed by atoms with Crippen molar-refractivity contribution >= 4 is 0 Å². The molecule has 0 aromatic carbocycles. The van der Waals surface area contributed by atoms with Gasteiger partial charge in [0.1, 0.15) is 15.1 Å². The van der Waals surface area contributed by atoms with E-state index in [2.05, 4.69) is 0 Å². The molecule has 0 radical (unpaired) electrons. The maximum Gasteiger partial charge on any atom is 0.243 e. The number of halogens is 1. The molecular weight excluding hydrogens is 204 g/mol. The zero-order valence-corrected chi connectivity index (χ0v) is 6.86. The Kier molecular flexibility index (Phi) is 0.802. The minimum atomic E-state index is -3.81. The van der Waals surface area contributed by atoms with E-state index < -0.39 is 51.7 Å². The number of hydrogen-bond donors (Lipinski definition) is 0. The van der Waals surface area contributed by atoms with Crippen LogP contribution in [0.25, 0.3) is 0 Å². The van der Waals surface area contributed by atoms with Crippen LogP contribution in [0.5, 0.6) is 0 Å². The molecule has 0 unspecified atom stereocenters. The van der Waals surface area contributed by atoms with Gasteiger partial charge in [0.25, 0.3) is 0 Å². The molecule has 2 nitrogen and oxygen atoms in total. The summed E-state index contributed by atoms with van der Waals surface area (Å²) in [5.41, 5.74) is 0. The minimum absolute atomic E-state index is 0. The van der Waals surface area contributed by atoms with Crippen molar-refractivity contribution in [3.05, 3.63) is 18.6 Å². The smallest absolute Gasteiger partial charge is 0.243 e. The van der Waals surface area contributed by atoms with E-state index in [4.69, 9.17) is 20.6 Å². The number of hydrogen-bond acceptors (Lipinski definition) is 0. The first-order valence-corrected chi connectivity index (χ1v) is 2.34. The van der Waals surface area contributed by atoms with Crippen molar-refractivity contribution in [3.63, 3.8) is 0 Å². The van der Waals surface area contributed by atoms with Crippen molar-refractivity contribution in [3.8, 4) is 0 Å². The SMILES string of the molecule is [2H]c1c([2H])[n+](C([2H])([2H])[2H])c([2H])n1C([2H])([2H])C([2H])([2H])C([2H])([2H])C([2H])([2H])[2H].[Br-]. The fraction of sp³-hybridized carbons (Fsp3) is 0.625. The summed E-state index contributed by atoms with van der Waals surface area (Å²) >= 11 is 0. The first kappa shape index (κ1) is 1.65. The van der Waals surface area contributed by atoms with E-state index in [-0.39, 0.29) is 26.1 Å². The topological polar surface area (TPSA) is 8.81 Å². The average Bonchev–Trinajstić information content (AvgIpc) is 2.57. The van der Waals surface area contributed by atoms with Gasteiger partial charge < -0.3 is 17.0 Å². The summed E-state index contributed by atoms with van der Waals surface area (Å²) in [5.74, 6) is 0. The van der Waals surface area contributed by atoms with Crippen LogP contribution in [0.4, 0.5) is 0 Å². The lowest BCUT2D eigenvalue weighted by molar-refractivity contribution is -0.671. The van der Waals surface area contributed by atoms with Gasteiger partial charge in [-0.3, -0.25) is 0 Å². The lowest BCUT2D eigenvalue weighted by atomic mass is 10.3. The van der Waals surface area contributed by atoms with E-state index >= 15 is 0 Å². The number of imidazole rings is 1. The van der Waals surface area contributed by atoms with Gasteiger partial charge in [0.15, 0.2) is 1.37 Å². The molecular formula is C8H15BrN2. The monoisotopic (exact) mass is 233 g/mol. The van der Waals surface area contributed by atoms with Crippen LogP contribution >= 0.6 is 0 Å². The molecule has 11 heavy (non-hydrogen) atoms. The van der Waals surface area contributed by atoms with Gasteiger partial charge in [-0.05, 0) is 6.37 Å². The summed E-state index contributed by atoms with van der Waals surface area (Å²) in [6, 6.07) is 0. The Morgan fingerprint density at radius 2 is 2.73 bits per heavy atom. The van der Waals surface area contributed by atoms with Crippen LogP contribution in [0.15, 0.2) is 18.6 Å². The molecule has 0 atom stereocenters. The molecule has 0 fully saturated rings. The Labute approximate surface area is 99.7 Å². The van der Waals surface area contributed by atoms with Crippen molar-refractivity contribution in [2.45, 2.75) is 26.1 Å². The van der Waals surface area contributed by atoms with Gasteiger partial charge in [-0.2, -0.15) is 0 Å². The van der Waals surface area contributed by atoms with Gasteiger partial charge in [-0.15, -0.1) is 0 Å². The van der Waals surface area contributed by atoms with E-state index in [9.17, 15) is 0 Å². The predicted octanol–water partition coefficient (Wildman–Crippen LogP) is -1.88. The predicted molar refractivity (Wildman–Crippen MR) is 40.5 cm³/mol. The highest BCUT2D eigenvalue weighted by atomic mass is 79.9. The van der Waals surface area contributed by atoms with Crippen molar-refractivity contribution in [2.75, 3.05) is 0 Å². The Morgan fingerprint density at radius 1 is 1.82 bits per heavy atom. The number of nitrogens with zero attached hydrogens (tertiary/aromatic N) is 2. The fourth-order valence-corrected chi connectivity index (χ4v) is 0.387. The average molecular weight is 234 g/mol. The second kappa shape index (κ2) is 5.35. The van der Waals surface area contributed by atoms with Gasteiger partial charge in [-0.25, -0.2) is 9.13 Å². The third-order valence-electron chi connectivity index (χ3n) is 0.704. The molecule has 0 spiro atoms. The van der Waals surface area contributed by atoms with Crippen LogP contribution in [0.1, 0.15) is 40.2 Å². The maximum atomic E-state index is 7.85. The Bertz CT molecular complexity index is 669. The molecule has 0 saturated carbocycles. The van der Waals surface area contributed by atoms with Crippen LogP contribution < -0.4 is 21.5 Å². The standard InChI is InChI=1S/C8H15N2.BrH/c1-3-4-5-10-7-6-9(2)8-10;/h6-8H,3-5H2,1-2H3;1H/q+1;/p-1/i1D3,2D3,3D2,4D2,5D2,6D,7D,8D;. The molecule has 64 valence electrons. The summed E-state index contributed by atoms with van der Waals surface area (Å²) in [4.78, 5) is 0. The van der Waals surface area contributed by atoms with E-state index in [1.807, 2.05) is 0 Å². The van der Waals surface area contributed by atoms with Crippen LogP contribution in [0.2, 0.25) is 0 Å². The quantitative estimate of drug-likeness (QED) is 0.541. The highest BCUT2D eigenvalue weighted by Gasteiger charge is 1.96. The highest BCUT2D eigenvalue weighted by Crippen LogP contribution is 1.91. The minimum Gasteiger partial charge on any atom is -1.00 e. The molecule has 0 aliphatic heterocycles. The molecule has 1 rings (SSSR count). The van der Waals surface area contributed by atoms with Gasteiger partial charge in [0.2, 0.25) is 6.30 Å². The molecule has 1 aromatic heterocycles. The van der Waals surface area contributed by atoms with Crippen molar-refractivity contribution in [2.24, 2.45) is 6.98 Å². The summed E-state index contributed by atoms with van der Waals surface area (Å²) < 4.78 is 112. The van der Waals surface area contributed by atoms with E-state index in [0.717, 1.165) is 0 Å². The third-order valence-corrected chi connectivity index (χ3v) is 0.704. The molecule has 0 aliphatic rings. The molecule has 0 N–H and O–H groups in total. The molecule has 1 heterocycles. The van der Waals surface area contributed by atoms with Crippen LogP contribution in [-0.2, 0) is 13.5 Å². The zero-order valence-electron chi connectivity index (χ0n) is 20.3. The second-order valence-corrected chi connectivity index (χ2v) is 1.36. The number of rotatable bonds is 3. The molecule has 0 saturated heterocycles. The van der Waals surface area contributed by atoms with Gasteiger partial charge >= 0.3 is 0 Å². The highest BCUT2D eigenvalue weighted by molar-refractivity contribution is 4.65. The maximum absolute atomic E-state index is 7.85. The lowest BCUT2D eigenvalue weighted by Crippen LogP contribution is -3.00. The van der Waals surface area contributed by atoms with Gasteiger partial charge in [0, 0.05) is 9.60 Å². The van der Waals surface area contributed by atoms with Crippen LogP contribution in [-0.4, -0.2) is 4.57 Å². The van der Waals surface area contributed by atoms with Crippen LogP contribution in [0, 0.1) is 0 Å². The molecule has 0 amide bonds. The van der Waals surface area contributed by atoms with Crippen LogP contribution in [0.3, 0.4) is 0 Å². The van der Waals surface area contributed by atoms with Crippen molar-refractivity contribution in [1.82, 2.24) is 4.57 Å². The molecule has 1 aromatic rings. The van der Waals surface area contributed by atoms with E-state index in [0.29, 0.717) is 0 Å². The van der Waals surface area contributed by atoms with Crippen molar-refractivity contribution < 1.29 is 42.1 Å². The van der Waals surface area contributed by atoms with Gasteiger partial charge in [-0.1, -0.05) is 13.2 Å². The second-order valence-electron chi connectivity index (χ2n) is 1.36. The Balaban J connectivity index is 0.00000625. The normalized spacial score (nSPS) is 35.5. The van der Waals surface area contributed by atoms with E-state index in [1.165, 1.54) is 0 Å². The van der Waals surface area contributed by atoms with E-state index in [1.54, 1.807) is 0 Å². The lowest BCUT2D eigenvalue weighted by Gasteiger charge is -1.90. The molecule has 0 bridgehead atoms. The first-order chi connectivity index (χ1) is 10.7. The Morgan fingerprint density at radius 3 is 3.36 bits per heavy atom. The molecule has 3 heteroatoms. The zero-order chi connectivity index (χ0) is 20.4. The third kappa shape index (κ3) is 3.56. The first-order valence-electron chi connectivity index (χ1n) is 9.84. The summed E-state index contributed by atoms with van der Waals surface area (Å²) in [6.45, 7) is -10.4. The van der Waals surface area contributed by atoms with Gasteiger partial charge in [0.05, 0.1) is 20.3 Å². The number of aromatic nitrogens is 2. The molecule has 0 aliphatic carbocycles. The fourth-order valence-electron chi connectivity index (χ4n) is 0.387. The Hall–Kier alpha value is -0.310.